The number of nitrogens with zero attached hydrogens (tertiary/aromatic N) is 2. The number of alkyl halides is 6. The summed E-state index contributed by atoms with van der Waals surface area (Å²) in [6.07, 6.45) is -10.7. The molecular weight excluding hydrogens is 517 g/mol. The van der Waals surface area contributed by atoms with Crippen molar-refractivity contribution in [2.45, 2.75) is 37.8 Å². The quantitative estimate of drug-likeness (QED) is 0.549. The lowest BCUT2D eigenvalue weighted by molar-refractivity contribution is -0.376. The Hall–Kier alpha value is -2.22. The minimum Gasteiger partial charge on any atom is -0.369 e. The van der Waals surface area contributed by atoms with Crippen LogP contribution in [0.2, 0.25) is 0 Å². The second kappa shape index (κ2) is 9.92. The summed E-state index contributed by atoms with van der Waals surface area (Å²) in [5, 5.41) is 9.54. The van der Waals surface area contributed by atoms with Gasteiger partial charge in [0.2, 0.25) is 10.0 Å². The predicted octanol–water partition coefficient (Wildman–Crippen LogP) is 4.44. The fourth-order valence-corrected chi connectivity index (χ4v) is 5.05. The summed E-state index contributed by atoms with van der Waals surface area (Å²) in [4.78, 5) is 2.04. The Morgan fingerprint density at radius 2 is 1.44 bits per heavy atom. The second-order valence-electron chi connectivity index (χ2n) is 8.68. The number of aliphatic hydroxyl groups is 1. The summed E-state index contributed by atoms with van der Waals surface area (Å²) < 4.78 is 118. The Bertz CT molecular complexity index is 1190. The van der Waals surface area contributed by atoms with Gasteiger partial charge in [-0.15, -0.1) is 0 Å². The average Bonchev–Trinajstić information content (AvgIpc) is 2.77. The Morgan fingerprint density at radius 3 is 1.92 bits per heavy atom. The van der Waals surface area contributed by atoms with Crippen LogP contribution >= 0.6 is 0 Å². The normalized spacial score (nSPS) is 16.9. The molecule has 0 bridgehead atoms. The molecule has 1 fully saturated rings. The van der Waals surface area contributed by atoms with Crippen molar-refractivity contribution >= 4 is 10.0 Å². The summed E-state index contributed by atoms with van der Waals surface area (Å²) in [6, 6.07) is 6.27. The number of sulfonamides is 1. The van der Waals surface area contributed by atoms with E-state index in [4.69, 9.17) is 0 Å². The molecule has 13 heteroatoms. The van der Waals surface area contributed by atoms with Gasteiger partial charge in [0.15, 0.2) is 0 Å². The van der Waals surface area contributed by atoms with E-state index < -0.39 is 39.4 Å². The van der Waals surface area contributed by atoms with Crippen molar-refractivity contribution in [3.8, 4) is 11.1 Å². The van der Waals surface area contributed by atoms with E-state index in [1.165, 1.54) is 4.31 Å². The molecule has 1 saturated heterocycles. The highest BCUT2D eigenvalue weighted by Crippen LogP contribution is 2.50. The van der Waals surface area contributed by atoms with Gasteiger partial charge in [-0.1, -0.05) is 37.3 Å². The van der Waals surface area contributed by atoms with E-state index in [2.05, 4.69) is 0 Å². The number of halogens is 7. The highest BCUT2D eigenvalue weighted by Gasteiger charge is 2.71. The summed E-state index contributed by atoms with van der Waals surface area (Å²) in [5.74, 6) is -1.33. The first kappa shape index (κ1) is 28.4. The van der Waals surface area contributed by atoms with Crippen LogP contribution in [0.1, 0.15) is 23.6 Å². The predicted molar refractivity (Wildman–Crippen MR) is 119 cm³/mol. The van der Waals surface area contributed by atoms with Gasteiger partial charge < -0.3 is 5.11 Å². The molecule has 0 amide bonds. The molecule has 0 aromatic heterocycles. The molecule has 0 saturated carbocycles. The smallest absolute Gasteiger partial charge is 0.369 e. The van der Waals surface area contributed by atoms with Gasteiger partial charge in [0.1, 0.15) is 5.82 Å². The first-order chi connectivity index (χ1) is 16.5. The number of hydrogen-bond acceptors (Lipinski definition) is 4. The standard InChI is InChI=1S/C23H25F7N2O3S/c1-3-16-12-15(14-31-8-10-32(11-9-31)36(2,34)35)4-6-18(16)19-7-5-17(13-20(19)24)21(33,22(25,26)27)23(28,29)30/h4-7,12-13,33H,3,8-11,14H2,1-2H3. The fourth-order valence-electron chi connectivity index (χ4n) is 4.22. The number of benzene rings is 2. The Balaban J connectivity index is 1.87. The van der Waals surface area contributed by atoms with Gasteiger partial charge in [0.05, 0.1) is 6.26 Å². The number of rotatable bonds is 6. The van der Waals surface area contributed by atoms with E-state index in [9.17, 15) is 44.3 Å². The van der Waals surface area contributed by atoms with E-state index in [1.807, 2.05) is 4.90 Å². The third kappa shape index (κ3) is 5.53. The van der Waals surface area contributed by atoms with Gasteiger partial charge in [-0.25, -0.2) is 12.8 Å². The van der Waals surface area contributed by atoms with Crippen LogP contribution in [-0.4, -0.2) is 67.5 Å². The average molecular weight is 543 g/mol. The molecule has 3 rings (SSSR count). The molecule has 5 nitrogen and oxygen atoms in total. The van der Waals surface area contributed by atoms with Gasteiger partial charge in [-0.3, -0.25) is 4.90 Å². The van der Waals surface area contributed by atoms with Crippen molar-refractivity contribution < 1.29 is 44.3 Å². The monoisotopic (exact) mass is 542 g/mol. The van der Waals surface area contributed by atoms with Gasteiger partial charge in [-0.2, -0.15) is 30.6 Å². The molecule has 0 unspecified atom stereocenters. The van der Waals surface area contributed by atoms with E-state index in [-0.39, 0.29) is 11.6 Å². The van der Waals surface area contributed by atoms with Crippen LogP contribution < -0.4 is 0 Å². The topological polar surface area (TPSA) is 60.9 Å². The summed E-state index contributed by atoms with van der Waals surface area (Å²) in [7, 11) is -3.27. The van der Waals surface area contributed by atoms with E-state index in [0.29, 0.717) is 56.3 Å². The molecule has 0 radical (unpaired) electrons. The van der Waals surface area contributed by atoms with Crippen LogP contribution in [0.5, 0.6) is 0 Å². The first-order valence-electron chi connectivity index (χ1n) is 10.9. The van der Waals surface area contributed by atoms with E-state index in [1.54, 1.807) is 25.1 Å². The van der Waals surface area contributed by atoms with Crippen molar-refractivity contribution in [1.82, 2.24) is 9.21 Å². The molecule has 200 valence electrons. The summed E-state index contributed by atoms with van der Waals surface area (Å²) >= 11 is 0. The molecule has 1 heterocycles. The molecular formula is C23H25F7N2O3S. The third-order valence-corrected chi connectivity index (χ3v) is 7.56. The second-order valence-corrected chi connectivity index (χ2v) is 10.7. The van der Waals surface area contributed by atoms with E-state index >= 15 is 0 Å². The van der Waals surface area contributed by atoms with Crippen molar-refractivity contribution in [2.75, 3.05) is 32.4 Å². The number of piperazine rings is 1. The molecule has 0 aliphatic carbocycles. The third-order valence-electron chi connectivity index (χ3n) is 6.25. The minimum absolute atomic E-state index is 0.0604. The van der Waals surface area contributed by atoms with Gasteiger partial charge in [0.25, 0.3) is 5.60 Å². The zero-order valence-electron chi connectivity index (χ0n) is 19.4. The Morgan fingerprint density at radius 1 is 0.889 bits per heavy atom. The van der Waals surface area contributed by atoms with Gasteiger partial charge in [-0.05, 0) is 29.2 Å². The van der Waals surface area contributed by atoms with Crippen molar-refractivity contribution in [2.24, 2.45) is 0 Å². The highest BCUT2D eigenvalue weighted by atomic mass is 32.2. The Labute approximate surface area is 204 Å². The largest absolute Gasteiger partial charge is 0.430 e. The highest BCUT2D eigenvalue weighted by molar-refractivity contribution is 7.88. The summed E-state index contributed by atoms with van der Waals surface area (Å²) in [6.45, 7) is 3.96. The lowest BCUT2D eigenvalue weighted by Crippen LogP contribution is -2.53. The zero-order valence-corrected chi connectivity index (χ0v) is 20.2. The van der Waals surface area contributed by atoms with Crippen LogP contribution in [-0.2, 0) is 28.6 Å². The maximum atomic E-state index is 14.9. The fraction of sp³-hybridized carbons (Fsp3) is 0.478. The number of hydrogen-bond donors (Lipinski definition) is 1. The maximum Gasteiger partial charge on any atom is 0.430 e. The van der Waals surface area contributed by atoms with Gasteiger partial charge in [0, 0.05) is 43.9 Å². The van der Waals surface area contributed by atoms with Crippen LogP contribution in [0.3, 0.4) is 0 Å². The molecule has 2 aromatic carbocycles. The molecule has 2 aromatic rings. The first-order valence-corrected chi connectivity index (χ1v) is 12.8. The zero-order chi connectivity index (χ0) is 27.1. The lowest BCUT2D eigenvalue weighted by atomic mass is 9.89. The van der Waals surface area contributed by atoms with E-state index in [0.717, 1.165) is 17.9 Å². The molecule has 1 aliphatic rings. The summed E-state index contributed by atoms with van der Waals surface area (Å²) in [5.41, 5.74) is -5.31. The molecule has 1 aliphatic heterocycles. The minimum atomic E-state index is -6.11. The van der Waals surface area contributed by atoms with Crippen LogP contribution in [0, 0.1) is 5.82 Å². The van der Waals surface area contributed by atoms with Crippen molar-refractivity contribution in [3.63, 3.8) is 0 Å². The Kier molecular flexibility index (Phi) is 7.81. The molecule has 36 heavy (non-hydrogen) atoms. The SMILES string of the molecule is CCc1cc(CN2CCN(S(C)(=O)=O)CC2)ccc1-c1ccc(C(O)(C(F)(F)F)C(F)(F)F)cc1F. The van der Waals surface area contributed by atoms with Crippen molar-refractivity contribution in [3.05, 3.63) is 58.9 Å². The van der Waals surface area contributed by atoms with Crippen LogP contribution in [0.25, 0.3) is 11.1 Å². The van der Waals surface area contributed by atoms with Gasteiger partial charge >= 0.3 is 12.4 Å². The molecule has 1 N–H and O–H groups in total. The van der Waals surface area contributed by atoms with Crippen LogP contribution in [0.15, 0.2) is 36.4 Å². The molecule has 0 atom stereocenters. The van der Waals surface area contributed by atoms with Crippen molar-refractivity contribution in [1.29, 1.82) is 0 Å². The lowest BCUT2D eigenvalue weighted by Gasteiger charge is -2.33. The maximum absolute atomic E-state index is 14.9. The number of aryl methyl sites for hydroxylation is 1. The van der Waals surface area contributed by atoms with Crippen LogP contribution in [0.4, 0.5) is 30.7 Å². The molecule has 0 spiro atoms.